The first-order valence-electron chi connectivity index (χ1n) is 7.50. The topological polar surface area (TPSA) is 26.0 Å². The molecule has 0 atom stereocenters. The molecule has 0 radical (unpaired) electrons. The number of nitrogens with two attached hydrogens (primary N) is 1. The molecule has 0 spiro atoms. The molecule has 0 unspecified atom stereocenters. The van der Waals surface area contributed by atoms with Gasteiger partial charge in [0.15, 0.2) is 0 Å². The van der Waals surface area contributed by atoms with Crippen LogP contribution in [-0.4, -0.2) is 0 Å². The van der Waals surface area contributed by atoms with Gasteiger partial charge < -0.3 is 5.73 Å². The van der Waals surface area contributed by atoms with Crippen LogP contribution >= 0.6 is 0 Å². The number of nitrogen functional groups attached to an aromatic ring is 1. The second kappa shape index (κ2) is 6.13. The van der Waals surface area contributed by atoms with Gasteiger partial charge in [-0.05, 0) is 60.9 Å². The third-order valence-corrected chi connectivity index (χ3v) is 3.93. The quantitative estimate of drug-likeness (QED) is 0.805. The van der Waals surface area contributed by atoms with Crippen LogP contribution in [0.4, 0.5) is 5.69 Å². The lowest BCUT2D eigenvalue weighted by atomic mass is 9.95. The molecule has 0 aliphatic heterocycles. The summed E-state index contributed by atoms with van der Waals surface area (Å²) in [5, 5.41) is 0. The van der Waals surface area contributed by atoms with Gasteiger partial charge in [-0.25, -0.2) is 0 Å². The lowest BCUT2D eigenvalue weighted by Gasteiger charge is -2.12. The maximum Gasteiger partial charge on any atom is 0.0376 e. The summed E-state index contributed by atoms with van der Waals surface area (Å²) in [6.45, 7) is 8.65. The van der Waals surface area contributed by atoms with E-state index in [1.54, 1.807) is 0 Å². The van der Waals surface area contributed by atoms with Crippen LogP contribution in [0.5, 0.6) is 0 Å². The van der Waals surface area contributed by atoms with E-state index in [-0.39, 0.29) is 0 Å². The van der Waals surface area contributed by atoms with Crippen molar-refractivity contribution in [3.63, 3.8) is 0 Å². The molecule has 0 heterocycles. The van der Waals surface area contributed by atoms with Crippen LogP contribution < -0.4 is 5.73 Å². The van der Waals surface area contributed by atoms with Gasteiger partial charge in [0.05, 0.1) is 0 Å². The molecule has 2 rings (SSSR count). The summed E-state index contributed by atoms with van der Waals surface area (Å²) in [6.07, 6.45) is 3.08. The summed E-state index contributed by atoms with van der Waals surface area (Å²) in [7, 11) is 0. The van der Waals surface area contributed by atoms with Crippen molar-refractivity contribution in [2.75, 3.05) is 5.73 Å². The zero-order valence-corrected chi connectivity index (χ0v) is 13.1. The monoisotopic (exact) mass is 267 g/mol. The summed E-state index contributed by atoms with van der Waals surface area (Å²) >= 11 is 0. The molecular formula is C19H25N. The molecule has 2 aromatic carbocycles. The van der Waals surface area contributed by atoms with E-state index in [9.17, 15) is 0 Å². The fourth-order valence-electron chi connectivity index (χ4n) is 2.84. The molecule has 2 aromatic rings. The van der Waals surface area contributed by atoms with Crippen molar-refractivity contribution in [3.05, 3.63) is 63.7 Å². The number of hydrogen-bond donors (Lipinski definition) is 1. The first kappa shape index (κ1) is 14.6. The van der Waals surface area contributed by atoms with Crippen molar-refractivity contribution < 1.29 is 0 Å². The van der Waals surface area contributed by atoms with Crippen LogP contribution in [-0.2, 0) is 19.3 Å². The fraction of sp³-hybridized carbons (Fsp3) is 0.368. The number of anilines is 1. The Kier molecular flexibility index (Phi) is 4.49. The van der Waals surface area contributed by atoms with Crippen molar-refractivity contribution in [2.24, 2.45) is 0 Å². The predicted octanol–water partition coefficient (Wildman–Crippen LogP) is 4.60. The smallest absolute Gasteiger partial charge is 0.0376 e. The third-order valence-electron chi connectivity index (χ3n) is 3.93. The molecule has 1 heteroatoms. The molecule has 0 aliphatic carbocycles. The van der Waals surface area contributed by atoms with Crippen LogP contribution in [0, 0.1) is 13.8 Å². The highest BCUT2D eigenvalue weighted by Crippen LogP contribution is 2.23. The second-order valence-corrected chi connectivity index (χ2v) is 5.70. The second-order valence-electron chi connectivity index (χ2n) is 5.70. The molecule has 0 aliphatic rings. The van der Waals surface area contributed by atoms with Gasteiger partial charge >= 0.3 is 0 Å². The normalized spacial score (nSPS) is 10.8. The Morgan fingerprint density at radius 2 is 1.45 bits per heavy atom. The zero-order valence-electron chi connectivity index (χ0n) is 13.1. The van der Waals surface area contributed by atoms with E-state index in [2.05, 4.69) is 58.0 Å². The van der Waals surface area contributed by atoms with Gasteiger partial charge in [0.25, 0.3) is 0 Å². The Balaban J connectivity index is 2.34. The van der Waals surface area contributed by atoms with Gasteiger partial charge in [-0.2, -0.15) is 0 Å². The van der Waals surface area contributed by atoms with E-state index in [0.29, 0.717) is 0 Å². The SMILES string of the molecule is CCc1cc(C)cc(Cc2cc(C)c(N)c(CC)c2)c1. The molecule has 20 heavy (non-hydrogen) atoms. The highest BCUT2D eigenvalue weighted by Gasteiger charge is 2.06. The Morgan fingerprint density at radius 1 is 0.800 bits per heavy atom. The first-order valence-corrected chi connectivity index (χ1v) is 7.50. The van der Waals surface area contributed by atoms with Crippen LogP contribution in [0.1, 0.15) is 47.2 Å². The van der Waals surface area contributed by atoms with Crippen molar-refractivity contribution in [1.82, 2.24) is 0 Å². The Labute approximate surface area is 122 Å². The number of benzene rings is 2. The molecule has 2 N–H and O–H groups in total. The van der Waals surface area contributed by atoms with Crippen molar-refractivity contribution >= 4 is 5.69 Å². The van der Waals surface area contributed by atoms with Crippen molar-refractivity contribution in [3.8, 4) is 0 Å². The Bertz CT molecular complexity index is 611. The van der Waals surface area contributed by atoms with Gasteiger partial charge in [0.1, 0.15) is 0 Å². The van der Waals surface area contributed by atoms with Crippen LogP contribution in [0.3, 0.4) is 0 Å². The number of aryl methyl sites for hydroxylation is 4. The van der Waals surface area contributed by atoms with Crippen LogP contribution in [0.25, 0.3) is 0 Å². The molecule has 0 aromatic heterocycles. The van der Waals surface area contributed by atoms with E-state index in [0.717, 1.165) is 24.9 Å². The molecule has 0 bridgehead atoms. The van der Waals surface area contributed by atoms with Crippen molar-refractivity contribution in [2.45, 2.75) is 47.0 Å². The van der Waals surface area contributed by atoms with E-state index >= 15 is 0 Å². The molecule has 0 saturated carbocycles. The maximum absolute atomic E-state index is 6.13. The van der Waals surface area contributed by atoms with Gasteiger partial charge in [-0.3, -0.25) is 0 Å². The number of rotatable bonds is 4. The van der Waals surface area contributed by atoms with Crippen molar-refractivity contribution in [1.29, 1.82) is 0 Å². The Hall–Kier alpha value is -1.76. The summed E-state index contributed by atoms with van der Waals surface area (Å²) in [4.78, 5) is 0. The van der Waals surface area contributed by atoms with Crippen LogP contribution in [0.2, 0.25) is 0 Å². The minimum absolute atomic E-state index is 0.953. The lowest BCUT2D eigenvalue weighted by Crippen LogP contribution is -2.00. The maximum atomic E-state index is 6.13. The average molecular weight is 267 g/mol. The first-order chi connectivity index (χ1) is 9.53. The van der Waals surface area contributed by atoms with E-state index < -0.39 is 0 Å². The highest BCUT2D eigenvalue weighted by atomic mass is 14.6. The highest BCUT2D eigenvalue weighted by molar-refractivity contribution is 5.55. The summed E-state index contributed by atoms with van der Waals surface area (Å²) in [5.41, 5.74) is 15.1. The summed E-state index contributed by atoms with van der Waals surface area (Å²) < 4.78 is 0. The van der Waals surface area contributed by atoms with Gasteiger partial charge in [-0.1, -0.05) is 49.7 Å². The fourth-order valence-corrected chi connectivity index (χ4v) is 2.84. The largest absolute Gasteiger partial charge is 0.398 e. The Morgan fingerprint density at radius 3 is 2.10 bits per heavy atom. The van der Waals surface area contributed by atoms with Gasteiger partial charge in [-0.15, -0.1) is 0 Å². The molecule has 0 saturated heterocycles. The molecular weight excluding hydrogens is 242 g/mol. The summed E-state index contributed by atoms with van der Waals surface area (Å²) in [5.74, 6) is 0. The molecule has 0 fully saturated rings. The average Bonchev–Trinajstić information content (AvgIpc) is 2.41. The third kappa shape index (κ3) is 3.22. The minimum atomic E-state index is 0.953. The molecule has 106 valence electrons. The molecule has 0 amide bonds. The summed E-state index contributed by atoms with van der Waals surface area (Å²) in [6, 6.07) is 11.4. The lowest BCUT2D eigenvalue weighted by molar-refractivity contribution is 1.08. The molecule has 1 nitrogen and oxygen atoms in total. The standard InChI is InChI=1S/C19H25N/c1-5-15-7-13(3)8-16(10-15)11-17-9-14(4)19(20)18(6-2)12-17/h7-10,12H,5-6,11,20H2,1-4H3. The van der Waals surface area contributed by atoms with E-state index in [4.69, 9.17) is 5.73 Å². The zero-order chi connectivity index (χ0) is 14.7. The van der Waals surface area contributed by atoms with Gasteiger partial charge in [0, 0.05) is 5.69 Å². The van der Waals surface area contributed by atoms with Crippen LogP contribution in [0.15, 0.2) is 30.3 Å². The predicted molar refractivity (Wildman–Crippen MR) is 88.3 cm³/mol. The van der Waals surface area contributed by atoms with E-state index in [1.807, 2.05) is 0 Å². The minimum Gasteiger partial charge on any atom is -0.398 e. The number of hydrogen-bond acceptors (Lipinski definition) is 1. The van der Waals surface area contributed by atoms with Gasteiger partial charge in [0.2, 0.25) is 0 Å². The van der Waals surface area contributed by atoms with E-state index in [1.165, 1.54) is 33.4 Å².